The zero-order valence-electron chi connectivity index (χ0n) is 20.1. The Bertz CT molecular complexity index is 1260. The van der Waals surface area contributed by atoms with Crippen molar-refractivity contribution in [3.05, 3.63) is 94.5 Å². The van der Waals surface area contributed by atoms with Gasteiger partial charge in [-0.1, -0.05) is 72.3 Å². The van der Waals surface area contributed by atoms with Gasteiger partial charge in [0, 0.05) is 13.0 Å². The zero-order chi connectivity index (χ0) is 25.7. The van der Waals surface area contributed by atoms with E-state index in [-0.39, 0.29) is 17.0 Å². The summed E-state index contributed by atoms with van der Waals surface area (Å²) in [5, 5.41) is 13.6. The van der Waals surface area contributed by atoms with Crippen molar-refractivity contribution in [3.63, 3.8) is 0 Å². The topological polar surface area (TPSA) is 86.7 Å². The van der Waals surface area contributed by atoms with Gasteiger partial charge in [0.2, 0.25) is 5.91 Å². The van der Waals surface area contributed by atoms with Gasteiger partial charge in [-0.3, -0.25) is 14.5 Å². The Hall–Kier alpha value is -3.48. The summed E-state index contributed by atoms with van der Waals surface area (Å²) in [5.41, 5.74) is 3.92. The smallest absolute Gasteiger partial charge is 0.327 e. The first kappa shape index (κ1) is 25.6. The van der Waals surface area contributed by atoms with Crippen LogP contribution in [0.1, 0.15) is 34.3 Å². The third kappa shape index (κ3) is 5.66. The highest BCUT2D eigenvalue weighted by molar-refractivity contribution is 6.34. The molecule has 2 atom stereocenters. The number of hydrogen-bond donors (Lipinski definition) is 2. The molecule has 2 N–H and O–H groups in total. The molecular weight excluding hydrogens is 476 g/mol. The van der Waals surface area contributed by atoms with Crippen molar-refractivity contribution in [2.24, 2.45) is 5.92 Å². The van der Waals surface area contributed by atoms with Crippen LogP contribution in [0.5, 0.6) is 0 Å². The highest BCUT2D eigenvalue weighted by atomic mass is 35.5. The predicted molar refractivity (Wildman–Crippen MR) is 140 cm³/mol. The first-order valence-corrected chi connectivity index (χ1v) is 12.4. The van der Waals surface area contributed by atoms with Crippen LogP contribution in [0, 0.1) is 12.8 Å². The number of rotatable bonds is 7. The summed E-state index contributed by atoms with van der Waals surface area (Å²) in [7, 11) is 0. The van der Waals surface area contributed by atoms with Gasteiger partial charge < -0.3 is 10.4 Å². The van der Waals surface area contributed by atoms with Crippen LogP contribution in [0.4, 0.5) is 0 Å². The molecule has 1 heterocycles. The minimum atomic E-state index is -1.37. The van der Waals surface area contributed by atoms with E-state index in [1.54, 1.807) is 18.2 Å². The van der Waals surface area contributed by atoms with Gasteiger partial charge in [0.05, 0.1) is 16.5 Å². The molecule has 1 aliphatic heterocycles. The number of carbonyl (C=O) groups is 3. The van der Waals surface area contributed by atoms with Crippen LogP contribution in [0.25, 0.3) is 11.1 Å². The van der Waals surface area contributed by atoms with Gasteiger partial charge in [-0.2, -0.15) is 0 Å². The number of benzene rings is 3. The summed E-state index contributed by atoms with van der Waals surface area (Å²) in [6, 6.07) is 20.7. The number of carbonyl (C=O) groups excluding carboxylic acids is 2. The number of halogens is 1. The number of aryl methyl sites for hydroxylation is 1. The van der Waals surface area contributed by atoms with Gasteiger partial charge in [-0.15, -0.1) is 0 Å². The molecular formula is C29H29ClN2O4. The number of carboxylic acid groups (broad SMARTS) is 1. The number of piperidine rings is 1. The molecule has 2 amide bonds. The van der Waals surface area contributed by atoms with Crippen LogP contribution in [-0.2, 0) is 16.0 Å². The molecule has 0 spiro atoms. The SMILES string of the molecule is Cc1cc(CC(C(=O)O)N(C(=O)c2ccccc2Cl)C(=O)C2CCCNC2)ccc1-c1ccccc1. The fourth-order valence-electron chi connectivity index (χ4n) is 4.73. The second kappa shape index (κ2) is 11.5. The monoisotopic (exact) mass is 504 g/mol. The minimum absolute atomic E-state index is 0.00662. The van der Waals surface area contributed by atoms with Crippen molar-refractivity contribution in [2.75, 3.05) is 13.1 Å². The number of aliphatic carboxylic acids is 1. The van der Waals surface area contributed by atoms with Gasteiger partial charge >= 0.3 is 5.97 Å². The first-order chi connectivity index (χ1) is 17.4. The van der Waals surface area contributed by atoms with Crippen LogP contribution >= 0.6 is 11.6 Å². The molecule has 0 aliphatic carbocycles. The van der Waals surface area contributed by atoms with Crippen molar-refractivity contribution in [3.8, 4) is 11.1 Å². The largest absolute Gasteiger partial charge is 0.480 e. The van der Waals surface area contributed by atoms with Gasteiger partial charge in [0.15, 0.2) is 0 Å². The van der Waals surface area contributed by atoms with Crippen molar-refractivity contribution in [1.29, 1.82) is 0 Å². The number of nitrogens with one attached hydrogen (secondary N) is 1. The van der Waals surface area contributed by atoms with E-state index in [0.717, 1.165) is 40.1 Å². The molecule has 36 heavy (non-hydrogen) atoms. The van der Waals surface area contributed by atoms with Crippen LogP contribution in [0.2, 0.25) is 5.02 Å². The van der Waals surface area contributed by atoms with E-state index < -0.39 is 29.7 Å². The molecule has 0 saturated carbocycles. The Morgan fingerprint density at radius 1 is 1.06 bits per heavy atom. The van der Waals surface area contributed by atoms with E-state index in [2.05, 4.69) is 5.32 Å². The van der Waals surface area contributed by atoms with Crippen molar-refractivity contribution >= 4 is 29.4 Å². The molecule has 0 radical (unpaired) electrons. The average Bonchev–Trinajstić information content (AvgIpc) is 2.89. The molecule has 7 heteroatoms. The third-order valence-electron chi connectivity index (χ3n) is 6.61. The minimum Gasteiger partial charge on any atom is -0.480 e. The van der Waals surface area contributed by atoms with Crippen LogP contribution < -0.4 is 5.32 Å². The molecule has 0 bridgehead atoms. The Kier molecular flexibility index (Phi) is 8.18. The van der Waals surface area contributed by atoms with Gasteiger partial charge in [0.25, 0.3) is 5.91 Å². The highest BCUT2D eigenvalue weighted by Crippen LogP contribution is 2.27. The van der Waals surface area contributed by atoms with E-state index in [4.69, 9.17) is 11.6 Å². The Morgan fingerprint density at radius 2 is 1.78 bits per heavy atom. The van der Waals surface area contributed by atoms with E-state index in [1.807, 2.05) is 55.5 Å². The normalized spacial score (nSPS) is 16.2. The summed E-state index contributed by atoms with van der Waals surface area (Å²) in [4.78, 5) is 40.7. The summed E-state index contributed by atoms with van der Waals surface area (Å²) < 4.78 is 0. The lowest BCUT2D eigenvalue weighted by molar-refractivity contribution is -0.149. The second-order valence-corrected chi connectivity index (χ2v) is 9.52. The van der Waals surface area contributed by atoms with E-state index in [0.29, 0.717) is 13.0 Å². The van der Waals surface area contributed by atoms with Crippen LogP contribution in [0.3, 0.4) is 0 Å². The molecule has 4 rings (SSSR count). The number of imide groups is 1. The van der Waals surface area contributed by atoms with E-state index in [1.165, 1.54) is 6.07 Å². The lowest BCUT2D eigenvalue weighted by Gasteiger charge is -2.32. The summed E-state index contributed by atoms with van der Waals surface area (Å²) in [6.07, 6.45) is 1.37. The van der Waals surface area contributed by atoms with Crippen molar-refractivity contribution < 1.29 is 19.5 Å². The average molecular weight is 505 g/mol. The molecule has 3 aromatic carbocycles. The van der Waals surface area contributed by atoms with E-state index in [9.17, 15) is 19.5 Å². The van der Waals surface area contributed by atoms with Crippen molar-refractivity contribution in [1.82, 2.24) is 10.2 Å². The lowest BCUT2D eigenvalue weighted by atomic mass is 9.93. The lowest BCUT2D eigenvalue weighted by Crippen LogP contribution is -2.54. The first-order valence-electron chi connectivity index (χ1n) is 12.1. The standard InChI is InChI=1S/C29H29ClN2O4/c1-19-16-20(13-14-23(19)21-8-3-2-4-9-21)17-26(29(35)36)32(27(33)22-10-7-15-31-18-22)28(34)24-11-5-6-12-25(24)30/h2-6,8-9,11-14,16,22,26,31H,7,10,15,17-18H2,1H3,(H,35,36). The fraction of sp³-hybridized carbons (Fsp3) is 0.276. The summed E-state index contributed by atoms with van der Waals surface area (Å²) in [6.45, 7) is 3.16. The van der Waals surface area contributed by atoms with Crippen LogP contribution in [0.15, 0.2) is 72.8 Å². The van der Waals surface area contributed by atoms with Gasteiger partial charge in [0.1, 0.15) is 6.04 Å². The number of carboxylic acids is 1. The summed E-state index contributed by atoms with van der Waals surface area (Å²) >= 11 is 6.28. The maximum absolute atomic E-state index is 13.6. The molecule has 1 saturated heterocycles. The number of nitrogens with zero attached hydrogens (tertiary/aromatic N) is 1. The fourth-order valence-corrected chi connectivity index (χ4v) is 4.94. The number of amides is 2. The van der Waals surface area contributed by atoms with Crippen LogP contribution in [-0.4, -0.2) is 46.9 Å². The molecule has 186 valence electrons. The molecule has 1 fully saturated rings. The maximum Gasteiger partial charge on any atom is 0.327 e. The van der Waals surface area contributed by atoms with Crippen molar-refractivity contribution in [2.45, 2.75) is 32.2 Å². The molecule has 6 nitrogen and oxygen atoms in total. The zero-order valence-corrected chi connectivity index (χ0v) is 20.9. The Balaban J connectivity index is 1.69. The second-order valence-electron chi connectivity index (χ2n) is 9.11. The molecule has 0 aromatic heterocycles. The molecule has 2 unspecified atom stereocenters. The maximum atomic E-state index is 13.6. The highest BCUT2D eigenvalue weighted by Gasteiger charge is 2.39. The summed E-state index contributed by atoms with van der Waals surface area (Å²) in [5.74, 6) is -2.90. The Labute approximate surface area is 215 Å². The van der Waals surface area contributed by atoms with E-state index >= 15 is 0 Å². The third-order valence-corrected chi connectivity index (χ3v) is 6.94. The Morgan fingerprint density at radius 3 is 2.42 bits per heavy atom. The van der Waals surface area contributed by atoms with Gasteiger partial charge in [-0.05, 0) is 60.7 Å². The predicted octanol–water partition coefficient (Wildman–Crippen LogP) is 4.98. The number of hydrogen-bond acceptors (Lipinski definition) is 4. The molecule has 1 aliphatic rings. The quantitative estimate of drug-likeness (QED) is 0.443. The molecule has 3 aromatic rings. The van der Waals surface area contributed by atoms with Gasteiger partial charge in [-0.25, -0.2) is 4.79 Å².